The van der Waals surface area contributed by atoms with Crippen LogP contribution in [0.3, 0.4) is 0 Å². The Hall–Kier alpha value is -0.200. The van der Waals surface area contributed by atoms with Crippen molar-refractivity contribution in [2.24, 2.45) is 0 Å². The standard InChI is InChI=1S/C17H35FO3S.C8H20N/c1-3-5-7-8-9-10-11-12-14-16-17(18,22(19,20)21)15-13-6-4-2;1-5-9(6-2,7-3)8-4/h3-16H2,1-2H3,(H,19,20,21);5-8H2,1-4H3/q;+1/p-1. The lowest BCUT2D eigenvalue weighted by molar-refractivity contribution is -0.921. The third kappa shape index (κ3) is 15.3. The predicted octanol–water partition coefficient (Wildman–Crippen LogP) is 7.58. The van der Waals surface area contributed by atoms with Crippen LogP contribution in [0.4, 0.5) is 4.39 Å². The number of alkyl halides is 1. The average molecular weight is 468 g/mol. The molecule has 0 aliphatic carbocycles. The number of hydrogen-bond acceptors (Lipinski definition) is 3. The zero-order valence-corrected chi connectivity index (χ0v) is 22.5. The molecule has 1 atom stereocenters. The van der Waals surface area contributed by atoms with Gasteiger partial charge >= 0.3 is 0 Å². The van der Waals surface area contributed by atoms with Crippen LogP contribution in [0.15, 0.2) is 0 Å². The van der Waals surface area contributed by atoms with Gasteiger partial charge in [0.25, 0.3) is 0 Å². The molecule has 0 N–H and O–H groups in total. The first kappa shape index (κ1) is 33.0. The lowest BCUT2D eigenvalue weighted by Gasteiger charge is -2.34. The van der Waals surface area contributed by atoms with Crippen molar-refractivity contribution in [2.45, 2.75) is 136 Å². The molecule has 0 radical (unpaired) electrons. The maximum absolute atomic E-state index is 14.4. The second-order valence-electron chi connectivity index (χ2n) is 8.98. The van der Waals surface area contributed by atoms with Crippen molar-refractivity contribution in [3.8, 4) is 0 Å². The van der Waals surface area contributed by atoms with Crippen LogP contribution < -0.4 is 0 Å². The highest BCUT2D eigenvalue weighted by atomic mass is 32.2. The minimum absolute atomic E-state index is 0.140. The largest absolute Gasteiger partial charge is 0.745 e. The summed E-state index contributed by atoms with van der Waals surface area (Å²) in [7, 11) is -4.87. The van der Waals surface area contributed by atoms with Crippen molar-refractivity contribution < 1.29 is 21.8 Å². The second kappa shape index (κ2) is 19.3. The van der Waals surface area contributed by atoms with Gasteiger partial charge in [0.2, 0.25) is 0 Å². The molecule has 0 rings (SSSR count). The van der Waals surface area contributed by atoms with E-state index >= 15 is 0 Å². The molecule has 190 valence electrons. The van der Waals surface area contributed by atoms with E-state index in [1.165, 1.54) is 62.8 Å². The number of rotatable bonds is 19. The summed E-state index contributed by atoms with van der Waals surface area (Å²) >= 11 is 0. The van der Waals surface area contributed by atoms with Gasteiger partial charge in [0.1, 0.15) is 10.1 Å². The summed E-state index contributed by atoms with van der Waals surface area (Å²) < 4.78 is 49.3. The fourth-order valence-electron chi connectivity index (χ4n) is 4.06. The van der Waals surface area contributed by atoms with E-state index in [4.69, 9.17) is 0 Å². The van der Waals surface area contributed by atoms with Gasteiger partial charge in [0.15, 0.2) is 5.00 Å². The molecule has 0 bridgehead atoms. The molecule has 0 amide bonds. The van der Waals surface area contributed by atoms with Crippen LogP contribution in [-0.4, -0.2) is 48.6 Å². The average Bonchev–Trinajstić information content (AvgIpc) is 2.74. The Morgan fingerprint density at radius 2 is 0.903 bits per heavy atom. The molecule has 0 heterocycles. The predicted molar refractivity (Wildman–Crippen MR) is 132 cm³/mol. The molecule has 0 aromatic carbocycles. The van der Waals surface area contributed by atoms with E-state index in [2.05, 4.69) is 34.6 Å². The first-order valence-corrected chi connectivity index (χ1v) is 14.5. The van der Waals surface area contributed by atoms with E-state index in [-0.39, 0.29) is 12.8 Å². The van der Waals surface area contributed by atoms with Gasteiger partial charge in [-0.05, 0) is 53.4 Å². The summed E-state index contributed by atoms with van der Waals surface area (Å²) in [6.45, 7) is 18.4. The van der Waals surface area contributed by atoms with Crippen molar-refractivity contribution in [1.82, 2.24) is 0 Å². The van der Waals surface area contributed by atoms with Crippen LogP contribution in [0.2, 0.25) is 0 Å². The van der Waals surface area contributed by atoms with Crippen LogP contribution in [0.5, 0.6) is 0 Å². The molecule has 0 aromatic heterocycles. The Labute approximate surface area is 194 Å². The quantitative estimate of drug-likeness (QED) is 0.112. The molecule has 4 nitrogen and oxygen atoms in total. The minimum atomic E-state index is -4.87. The zero-order valence-electron chi connectivity index (χ0n) is 21.7. The Bertz CT molecular complexity index is 477. The molecule has 0 aliphatic heterocycles. The molecule has 31 heavy (non-hydrogen) atoms. The summed E-state index contributed by atoms with van der Waals surface area (Å²) in [5.74, 6) is 0. The highest BCUT2D eigenvalue weighted by Crippen LogP contribution is 2.31. The monoisotopic (exact) mass is 467 g/mol. The highest BCUT2D eigenvalue weighted by molar-refractivity contribution is 7.87. The van der Waals surface area contributed by atoms with Crippen molar-refractivity contribution in [2.75, 3.05) is 26.2 Å². The van der Waals surface area contributed by atoms with Crippen molar-refractivity contribution in [3.63, 3.8) is 0 Å². The Balaban J connectivity index is 0. The van der Waals surface area contributed by atoms with Crippen LogP contribution in [0, 0.1) is 0 Å². The fraction of sp³-hybridized carbons (Fsp3) is 1.00. The topological polar surface area (TPSA) is 57.2 Å². The first-order valence-electron chi connectivity index (χ1n) is 13.1. The van der Waals surface area contributed by atoms with E-state index in [0.717, 1.165) is 32.1 Å². The van der Waals surface area contributed by atoms with Crippen molar-refractivity contribution >= 4 is 10.1 Å². The lowest BCUT2D eigenvalue weighted by Crippen LogP contribution is -2.47. The van der Waals surface area contributed by atoms with Gasteiger partial charge < -0.3 is 9.04 Å². The van der Waals surface area contributed by atoms with E-state index in [1.807, 2.05) is 6.92 Å². The molecule has 0 spiro atoms. The Morgan fingerprint density at radius 3 is 1.19 bits per heavy atom. The molecule has 0 aliphatic rings. The van der Waals surface area contributed by atoms with Crippen LogP contribution in [0.1, 0.15) is 131 Å². The number of hydrogen-bond donors (Lipinski definition) is 0. The lowest BCUT2D eigenvalue weighted by atomic mass is 10.0. The minimum Gasteiger partial charge on any atom is -0.745 e. The third-order valence-corrected chi connectivity index (χ3v) is 8.24. The van der Waals surface area contributed by atoms with E-state index in [1.54, 1.807) is 0 Å². The number of halogens is 1. The van der Waals surface area contributed by atoms with Crippen LogP contribution in [0.25, 0.3) is 0 Å². The summed E-state index contributed by atoms with van der Waals surface area (Å²) in [5, 5.41) is -2.55. The second-order valence-corrected chi connectivity index (χ2v) is 10.6. The number of quaternary nitrogens is 1. The zero-order chi connectivity index (χ0) is 24.2. The third-order valence-electron chi connectivity index (χ3n) is 6.94. The van der Waals surface area contributed by atoms with Gasteiger partial charge in [-0.3, -0.25) is 0 Å². The molecule has 6 heteroatoms. The van der Waals surface area contributed by atoms with Gasteiger partial charge in [0.05, 0.1) is 26.2 Å². The van der Waals surface area contributed by atoms with Gasteiger partial charge in [0, 0.05) is 0 Å². The number of nitrogens with zero attached hydrogens (tertiary/aromatic N) is 1. The normalized spacial score (nSPS) is 14.1. The molecule has 0 fully saturated rings. The van der Waals surface area contributed by atoms with Gasteiger partial charge in [-0.25, -0.2) is 12.8 Å². The van der Waals surface area contributed by atoms with Crippen molar-refractivity contribution in [1.29, 1.82) is 0 Å². The molecule has 1 unspecified atom stereocenters. The first-order chi connectivity index (χ1) is 14.6. The van der Waals surface area contributed by atoms with Gasteiger partial charge in [-0.15, -0.1) is 0 Å². The Morgan fingerprint density at radius 1 is 0.613 bits per heavy atom. The molecular formula is C25H54FNO3S. The summed E-state index contributed by atoms with van der Waals surface area (Å²) in [6.07, 6.45) is 11.4. The van der Waals surface area contributed by atoms with E-state index in [0.29, 0.717) is 12.8 Å². The van der Waals surface area contributed by atoms with E-state index in [9.17, 15) is 17.4 Å². The maximum atomic E-state index is 14.4. The molecule has 0 saturated carbocycles. The van der Waals surface area contributed by atoms with E-state index < -0.39 is 15.1 Å². The molecular weight excluding hydrogens is 413 g/mol. The van der Waals surface area contributed by atoms with Gasteiger partial charge in [-0.1, -0.05) is 78.1 Å². The summed E-state index contributed by atoms with van der Waals surface area (Å²) in [6, 6.07) is 0. The SMILES string of the molecule is CCCCCCCCCCCC(F)(CCCCC)S(=O)(=O)[O-].CC[N+](CC)(CC)CC. The van der Waals surface area contributed by atoms with Gasteiger partial charge in [-0.2, -0.15) is 0 Å². The van der Waals surface area contributed by atoms with Crippen LogP contribution in [-0.2, 0) is 10.1 Å². The Kier molecular flexibility index (Phi) is 20.5. The maximum Gasteiger partial charge on any atom is 0.199 e. The fourth-order valence-corrected chi connectivity index (χ4v) is 4.84. The van der Waals surface area contributed by atoms with Crippen molar-refractivity contribution in [3.05, 3.63) is 0 Å². The number of unbranched alkanes of at least 4 members (excludes halogenated alkanes) is 10. The highest BCUT2D eigenvalue weighted by Gasteiger charge is 2.36. The molecule has 0 aromatic rings. The summed E-state index contributed by atoms with van der Waals surface area (Å²) in [4.78, 5) is 0. The smallest absolute Gasteiger partial charge is 0.199 e. The molecule has 0 saturated heterocycles. The van der Waals surface area contributed by atoms with Crippen LogP contribution >= 0.6 is 0 Å². The summed E-state index contributed by atoms with van der Waals surface area (Å²) in [5.41, 5.74) is 0.